The molecule has 0 N–H and O–H groups in total. The molecule has 1 saturated carbocycles. The van der Waals surface area contributed by atoms with E-state index in [2.05, 4.69) is 31.0 Å². The number of allylic oxidation sites excluding steroid dienone is 2. The van der Waals surface area contributed by atoms with Crippen molar-refractivity contribution in [2.24, 2.45) is 0 Å². The van der Waals surface area contributed by atoms with Gasteiger partial charge in [0.25, 0.3) is 0 Å². The summed E-state index contributed by atoms with van der Waals surface area (Å²) in [5, 5.41) is 0. The third kappa shape index (κ3) is 0.720. The summed E-state index contributed by atoms with van der Waals surface area (Å²) in [7, 11) is 0. The fourth-order valence-electron chi connectivity index (χ4n) is 3.35. The van der Waals surface area contributed by atoms with Gasteiger partial charge in [-0.1, -0.05) is 0 Å². The van der Waals surface area contributed by atoms with Crippen LogP contribution >= 0.6 is 0 Å². The Kier molecular flexibility index (Phi) is 1.34. The molecule has 0 saturated heterocycles. The first-order valence-electron chi connectivity index (χ1n) is 5.37. The van der Waals surface area contributed by atoms with Crippen LogP contribution < -0.4 is 4.08 Å². The van der Waals surface area contributed by atoms with E-state index in [0.717, 1.165) is 5.92 Å². The molecule has 1 fully saturated rings. The molecule has 1 aromatic rings. The first kappa shape index (κ1) is 7.84. The second-order valence-corrected chi connectivity index (χ2v) is 5.85. The van der Waals surface area contributed by atoms with E-state index >= 15 is 0 Å². The van der Waals surface area contributed by atoms with Crippen molar-refractivity contribution in [1.82, 2.24) is 0 Å². The maximum absolute atomic E-state index is 2.39. The van der Waals surface area contributed by atoms with E-state index < -0.39 is 0 Å². The monoisotopic (exact) mass is 360 g/mol. The Morgan fingerprint density at radius 1 is 1.14 bits per heavy atom. The summed E-state index contributed by atoms with van der Waals surface area (Å²) < 4.78 is 1.51. The van der Waals surface area contributed by atoms with Gasteiger partial charge in [0, 0.05) is 0 Å². The SMILES string of the molecule is [Ir][c]1ccc2c3c1CCC3=C1CCC12. The van der Waals surface area contributed by atoms with Gasteiger partial charge < -0.3 is 0 Å². The zero-order chi connectivity index (χ0) is 9.28. The molecule has 3 aliphatic carbocycles. The van der Waals surface area contributed by atoms with Gasteiger partial charge in [0.05, 0.1) is 0 Å². The molecule has 0 aliphatic heterocycles. The van der Waals surface area contributed by atoms with Gasteiger partial charge in [-0.3, -0.25) is 0 Å². The van der Waals surface area contributed by atoms with Gasteiger partial charge in [-0.05, 0) is 0 Å². The Hall–Kier alpha value is -0.391. The summed E-state index contributed by atoms with van der Waals surface area (Å²) in [6, 6.07) is 4.72. The fourth-order valence-corrected chi connectivity index (χ4v) is 4.15. The standard InChI is InChI=1S/C13H11.Ir/c1-2-8-4-5-12-10-7-6-9(10)11(3-1)13(8)12;/h1,3,9H,4-7H2;. The first-order chi connectivity index (χ1) is 6.86. The van der Waals surface area contributed by atoms with Crippen LogP contribution in [0.5, 0.6) is 0 Å². The molecule has 0 spiro atoms. The number of hydrogen-bond acceptors (Lipinski definition) is 0. The van der Waals surface area contributed by atoms with Crippen LogP contribution in [0.15, 0.2) is 17.7 Å². The van der Waals surface area contributed by atoms with Crippen molar-refractivity contribution < 1.29 is 18.9 Å². The molecule has 1 aromatic carbocycles. The van der Waals surface area contributed by atoms with E-state index in [1.807, 2.05) is 0 Å². The maximum atomic E-state index is 2.39. The summed E-state index contributed by atoms with van der Waals surface area (Å²) >= 11 is 2.27. The third-order valence-electron chi connectivity index (χ3n) is 4.08. The quantitative estimate of drug-likeness (QED) is 0.668. The summed E-state index contributed by atoms with van der Waals surface area (Å²) in [4.78, 5) is 0. The molecular weight excluding hydrogens is 348 g/mol. The Bertz CT molecular complexity index is 482. The Labute approximate surface area is 94.6 Å². The molecule has 14 heavy (non-hydrogen) atoms. The van der Waals surface area contributed by atoms with Crippen LogP contribution in [0.3, 0.4) is 0 Å². The number of rotatable bonds is 0. The number of hydrogen-bond donors (Lipinski definition) is 0. The van der Waals surface area contributed by atoms with Crippen molar-refractivity contribution in [3.63, 3.8) is 0 Å². The topological polar surface area (TPSA) is 0 Å². The summed E-state index contributed by atoms with van der Waals surface area (Å²) in [5.41, 5.74) is 8.56. The summed E-state index contributed by atoms with van der Waals surface area (Å²) in [5.74, 6) is 0.847. The average Bonchev–Trinajstić information content (AvgIpc) is 2.60. The van der Waals surface area contributed by atoms with Crippen LogP contribution in [0.25, 0.3) is 5.57 Å². The second-order valence-electron chi connectivity index (χ2n) is 4.56. The van der Waals surface area contributed by atoms with Crippen LogP contribution in [-0.4, -0.2) is 0 Å². The molecule has 0 nitrogen and oxygen atoms in total. The molecule has 0 radical (unpaired) electrons. The van der Waals surface area contributed by atoms with Crippen molar-refractivity contribution in [1.29, 1.82) is 0 Å². The normalized spacial score (nSPS) is 26.3. The Morgan fingerprint density at radius 3 is 2.86 bits per heavy atom. The Balaban J connectivity index is 2.12. The molecule has 4 rings (SSSR count). The van der Waals surface area contributed by atoms with Crippen molar-refractivity contribution in [2.75, 3.05) is 0 Å². The van der Waals surface area contributed by atoms with Crippen LogP contribution in [0, 0.1) is 0 Å². The van der Waals surface area contributed by atoms with E-state index in [4.69, 9.17) is 0 Å². The molecule has 0 bridgehead atoms. The first-order valence-corrected chi connectivity index (χ1v) is 6.57. The van der Waals surface area contributed by atoms with E-state index in [1.165, 1.54) is 29.8 Å². The van der Waals surface area contributed by atoms with Crippen LogP contribution in [-0.2, 0) is 25.3 Å². The van der Waals surface area contributed by atoms with Gasteiger partial charge in [0.1, 0.15) is 0 Å². The molecule has 1 unspecified atom stereocenters. The van der Waals surface area contributed by atoms with E-state index in [-0.39, 0.29) is 0 Å². The van der Waals surface area contributed by atoms with Gasteiger partial charge in [0.2, 0.25) is 0 Å². The van der Waals surface area contributed by atoms with Crippen molar-refractivity contribution in [3.8, 4) is 0 Å². The summed E-state index contributed by atoms with van der Waals surface area (Å²) in [6.45, 7) is 0. The molecule has 1 atom stereocenters. The van der Waals surface area contributed by atoms with E-state index in [0.29, 0.717) is 0 Å². The van der Waals surface area contributed by atoms with Crippen LogP contribution in [0.2, 0.25) is 0 Å². The zero-order valence-corrected chi connectivity index (χ0v) is 10.3. The number of benzene rings is 1. The molecule has 1 heteroatoms. The number of fused-ring (bicyclic) bond motifs is 2. The van der Waals surface area contributed by atoms with Crippen molar-refractivity contribution in [3.05, 3.63) is 34.4 Å². The molecule has 72 valence electrons. The molecule has 3 aliphatic rings. The molecular formula is C13H11Ir. The zero-order valence-electron chi connectivity index (χ0n) is 7.89. The minimum absolute atomic E-state index is 0.847. The molecule has 0 amide bonds. The van der Waals surface area contributed by atoms with Gasteiger partial charge in [-0.25, -0.2) is 0 Å². The second kappa shape index (κ2) is 2.40. The van der Waals surface area contributed by atoms with E-state index in [1.54, 1.807) is 27.8 Å². The van der Waals surface area contributed by atoms with Gasteiger partial charge in [-0.2, -0.15) is 0 Å². The minimum atomic E-state index is 0.847. The van der Waals surface area contributed by atoms with Gasteiger partial charge >= 0.3 is 94.5 Å². The van der Waals surface area contributed by atoms with Crippen molar-refractivity contribution in [2.45, 2.75) is 31.6 Å². The predicted molar refractivity (Wildman–Crippen MR) is 53.3 cm³/mol. The van der Waals surface area contributed by atoms with E-state index in [9.17, 15) is 0 Å². The van der Waals surface area contributed by atoms with Gasteiger partial charge in [0.15, 0.2) is 0 Å². The summed E-state index contributed by atoms with van der Waals surface area (Å²) in [6.07, 6.45) is 5.43. The third-order valence-corrected chi connectivity index (χ3v) is 5.20. The van der Waals surface area contributed by atoms with Gasteiger partial charge in [-0.15, -0.1) is 0 Å². The fraction of sp³-hybridized carbons (Fsp3) is 0.385. The average molecular weight is 359 g/mol. The molecule has 0 heterocycles. The van der Waals surface area contributed by atoms with Crippen LogP contribution in [0.4, 0.5) is 0 Å². The predicted octanol–water partition coefficient (Wildman–Crippen LogP) is 2.45. The van der Waals surface area contributed by atoms with Crippen molar-refractivity contribution >= 4 is 9.65 Å². The Morgan fingerprint density at radius 2 is 2.07 bits per heavy atom. The molecule has 0 aromatic heterocycles. The van der Waals surface area contributed by atoms with Crippen LogP contribution in [0.1, 0.15) is 41.9 Å².